The van der Waals surface area contributed by atoms with Gasteiger partial charge in [0.15, 0.2) is 0 Å². The molecule has 4 rings (SSSR count). The van der Waals surface area contributed by atoms with E-state index in [1.165, 1.54) is 5.56 Å². The minimum absolute atomic E-state index is 0.00803. The number of nitriles is 1. The maximum atomic E-state index is 10.6. The lowest BCUT2D eigenvalue weighted by molar-refractivity contribution is -0.136. The molecule has 0 amide bonds. The van der Waals surface area contributed by atoms with Crippen molar-refractivity contribution in [2.45, 2.75) is 39.3 Å². The third-order valence-corrected chi connectivity index (χ3v) is 5.25. The van der Waals surface area contributed by atoms with Crippen LogP contribution in [0.1, 0.15) is 37.0 Å². The molecule has 0 aliphatic carbocycles. The summed E-state index contributed by atoms with van der Waals surface area (Å²) >= 11 is 0. The van der Waals surface area contributed by atoms with Crippen molar-refractivity contribution in [2.24, 2.45) is 0 Å². The van der Waals surface area contributed by atoms with Crippen molar-refractivity contribution in [3.8, 4) is 23.3 Å². The standard InChI is InChI=1S/C24H25N5O4/c1-15(2)32-19-4-5-20(18(12-19)13-25)23-27-24(28-33-23)29-10-8-17-11-16(3-6-21(17)29)14-26-9-7-22(30)31/h3-6,11-12,15,26H,7-10,14H2,1-2H3,(H,30,31). The lowest BCUT2D eigenvalue weighted by Crippen LogP contribution is -2.17. The Morgan fingerprint density at radius 2 is 2.18 bits per heavy atom. The van der Waals surface area contributed by atoms with E-state index in [4.69, 9.17) is 14.4 Å². The smallest absolute Gasteiger partial charge is 0.304 e. The Morgan fingerprint density at radius 3 is 2.94 bits per heavy atom. The first-order valence-electron chi connectivity index (χ1n) is 10.8. The summed E-state index contributed by atoms with van der Waals surface area (Å²) in [5.74, 6) is 0.535. The zero-order valence-corrected chi connectivity index (χ0v) is 18.5. The number of ether oxygens (including phenoxy) is 1. The molecule has 33 heavy (non-hydrogen) atoms. The lowest BCUT2D eigenvalue weighted by atomic mass is 10.1. The largest absolute Gasteiger partial charge is 0.491 e. The van der Waals surface area contributed by atoms with Crippen molar-refractivity contribution >= 4 is 17.6 Å². The topological polar surface area (TPSA) is 125 Å². The highest BCUT2D eigenvalue weighted by Gasteiger charge is 2.25. The molecule has 0 atom stereocenters. The van der Waals surface area contributed by atoms with E-state index in [1.54, 1.807) is 18.2 Å². The van der Waals surface area contributed by atoms with E-state index in [0.29, 0.717) is 35.9 Å². The SMILES string of the molecule is CC(C)Oc1ccc(-c2nc(N3CCc4cc(CNCCC(=O)O)ccc43)no2)c(C#N)c1. The number of rotatable bonds is 9. The van der Waals surface area contributed by atoms with Crippen molar-refractivity contribution in [3.05, 3.63) is 53.1 Å². The second-order valence-electron chi connectivity index (χ2n) is 8.07. The average molecular weight is 447 g/mol. The van der Waals surface area contributed by atoms with Crippen molar-refractivity contribution in [1.29, 1.82) is 5.26 Å². The highest BCUT2D eigenvalue weighted by atomic mass is 16.5. The van der Waals surface area contributed by atoms with Crippen LogP contribution in [0, 0.1) is 11.3 Å². The van der Waals surface area contributed by atoms with Crippen LogP contribution in [0.25, 0.3) is 11.5 Å². The molecule has 1 aliphatic rings. The summed E-state index contributed by atoms with van der Waals surface area (Å²) in [6.07, 6.45) is 0.945. The van der Waals surface area contributed by atoms with E-state index in [9.17, 15) is 10.1 Å². The van der Waals surface area contributed by atoms with E-state index in [1.807, 2.05) is 30.9 Å². The van der Waals surface area contributed by atoms with Crippen LogP contribution in [-0.4, -0.2) is 40.4 Å². The summed E-state index contributed by atoms with van der Waals surface area (Å²) in [5, 5.41) is 25.6. The second kappa shape index (κ2) is 9.71. The second-order valence-corrected chi connectivity index (χ2v) is 8.07. The Hall–Kier alpha value is -3.90. The van der Waals surface area contributed by atoms with Gasteiger partial charge in [0.1, 0.15) is 11.8 Å². The Labute approximate surface area is 191 Å². The van der Waals surface area contributed by atoms with Gasteiger partial charge in [-0.05, 0) is 60.8 Å². The van der Waals surface area contributed by atoms with Gasteiger partial charge in [0.25, 0.3) is 11.8 Å². The number of nitrogens with one attached hydrogen (secondary N) is 1. The van der Waals surface area contributed by atoms with Gasteiger partial charge in [0, 0.05) is 25.3 Å². The van der Waals surface area contributed by atoms with Gasteiger partial charge in [-0.15, -0.1) is 0 Å². The number of aliphatic carboxylic acids is 1. The van der Waals surface area contributed by atoms with Crippen LogP contribution in [0.15, 0.2) is 40.9 Å². The molecule has 3 aromatic rings. The molecular weight excluding hydrogens is 422 g/mol. The van der Waals surface area contributed by atoms with E-state index in [2.05, 4.69) is 27.6 Å². The van der Waals surface area contributed by atoms with Gasteiger partial charge in [0.05, 0.1) is 23.7 Å². The minimum atomic E-state index is -0.812. The first-order valence-corrected chi connectivity index (χ1v) is 10.8. The first kappa shape index (κ1) is 22.3. The number of carboxylic acids is 1. The van der Waals surface area contributed by atoms with Crippen LogP contribution in [-0.2, 0) is 17.8 Å². The van der Waals surface area contributed by atoms with Gasteiger partial charge < -0.3 is 24.6 Å². The quantitative estimate of drug-likeness (QED) is 0.473. The molecular formula is C24H25N5O4. The van der Waals surface area contributed by atoms with Crippen molar-refractivity contribution in [1.82, 2.24) is 15.5 Å². The normalized spacial score (nSPS) is 12.6. The van der Waals surface area contributed by atoms with Gasteiger partial charge in [0.2, 0.25) is 0 Å². The van der Waals surface area contributed by atoms with Gasteiger partial charge in [-0.1, -0.05) is 12.1 Å². The Balaban J connectivity index is 1.49. The molecule has 0 unspecified atom stereocenters. The molecule has 0 spiro atoms. The number of hydrogen-bond donors (Lipinski definition) is 2. The van der Waals surface area contributed by atoms with Crippen LogP contribution < -0.4 is 15.0 Å². The molecule has 0 fully saturated rings. The van der Waals surface area contributed by atoms with Crippen LogP contribution in [0.3, 0.4) is 0 Å². The molecule has 0 radical (unpaired) electrons. The maximum absolute atomic E-state index is 10.6. The molecule has 0 saturated carbocycles. The van der Waals surface area contributed by atoms with Crippen LogP contribution in [0.4, 0.5) is 11.6 Å². The summed E-state index contributed by atoms with van der Waals surface area (Å²) in [4.78, 5) is 17.2. The number of carboxylic acid groups (broad SMARTS) is 1. The van der Waals surface area contributed by atoms with E-state index in [0.717, 1.165) is 24.2 Å². The molecule has 0 saturated heterocycles. The zero-order chi connectivity index (χ0) is 23.4. The fourth-order valence-corrected chi connectivity index (χ4v) is 3.78. The van der Waals surface area contributed by atoms with Crippen molar-refractivity contribution in [2.75, 3.05) is 18.0 Å². The highest BCUT2D eigenvalue weighted by Crippen LogP contribution is 2.35. The number of benzene rings is 2. The van der Waals surface area contributed by atoms with Gasteiger partial charge in [-0.3, -0.25) is 4.79 Å². The molecule has 9 nitrogen and oxygen atoms in total. The van der Waals surface area contributed by atoms with Crippen LogP contribution in [0.2, 0.25) is 0 Å². The van der Waals surface area contributed by atoms with Gasteiger partial charge in [-0.25, -0.2) is 0 Å². The molecule has 1 aromatic heterocycles. The third kappa shape index (κ3) is 5.13. The van der Waals surface area contributed by atoms with Crippen molar-refractivity contribution in [3.63, 3.8) is 0 Å². The lowest BCUT2D eigenvalue weighted by Gasteiger charge is -2.14. The molecule has 1 aliphatic heterocycles. The highest BCUT2D eigenvalue weighted by molar-refractivity contribution is 5.69. The maximum Gasteiger partial charge on any atom is 0.304 e. The zero-order valence-electron chi connectivity index (χ0n) is 18.5. The number of carbonyl (C=O) groups is 1. The summed E-state index contributed by atoms with van der Waals surface area (Å²) in [7, 11) is 0. The van der Waals surface area contributed by atoms with E-state index < -0.39 is 5.97 Å². The van der Waals surface area contributed by atoms with Crippen LogP contribution in [0.5, 0.6) is 5.75 Å². The van der Waals surface area contributed by atoms with Crippen LogP contribution >= 0.6 is 0 Å². The van der Waals surface area contributed by atoms with E-state index >= 15 is 0 Å². The molecule has 0 bridgehead atoms. The monoisotopic (exact) mass is 447 g/mol. The molecule has 2 aromatic carbocycles. The third-order valence-electron chi connectivity index (χ3n) is 5.25. The summed E-state index contributed by atoms with van der Waals surface area (Å²) in [6.45, 7) is 5.62. The number of fused-ring (bicyclic) bond motifs is 1. The van der Waals surface area contributed by atoms with E-state index in [-0.39, 0.29) is 18.4 Å². The molecule has 2 heterocycles. The fourth-order valence-electron chi connectivity index (χ4n) is 3.78. The molecule has 170 valence electrons. The number of nitrogens with zero attached hydrogens (tertiary/aromatic N) is 4. The number of hydrogen-bond acceptors (Lipinski definition) is 8. The summed E-state index contributed by atoms with van der Waals surface area (Å²) in [6, 6.07) is 13.5. The van der Waals surface area contributed by atoms with Crippen molar-refractivity contribution < 1.29 is 19.2 Å². The Bertz CT molecular complexity index is 1200. The minimum Gasteiger partial charge on any atom is -0.491 e. The fraction of sp³-hybridized carbons (Fsp3) is 0.333. The molecule has 2 N–H and O–H groups in total. The Kier molecular flexibility index (Phi) is 6.56. The number of anilines is 2. The average Bonchev–Trinajstić information content (AvgIpc) is 3.42. The van der Waals surface area contributed by atoms with Gasteiger partial charge in [-0.2, -0.15) is 10.2 Å². The first-order chi connectivity index (χ1) is 15.9. The predicted molar refractivity (Wildman–Crippen MR) is 121 cm³/mol. The Morgan fingerprint density at radius 1 is 1.33 bits per heavy atom. The summed E-state index contributed by atoms with van der Waals surface area (Å²) < 4.78 is 11.2. The number of aromatic nitrogens is 2. The summed E-state index contributed by atoms with van der Waals surface area (Å²) in [5.41, 5.74) is 4.25. The predicted octanol–water partition coefficient (Wildman–Crippen LogP) is 3.65. The molecule has 9 heteroatoms. The van der Waals surface area contributed by atoms with Gasteiger partial charge >= 0.3 is 5.97 Å².